The summed E-state index contributed by atoms with van der Waals surface area (Å²) in [5, 5.41) is 5.75. The lowest BCUT2D eigenvalue weighted by molar-refractivity contribution is -0.128. The van der Waals surface area contributed by atoms with Crippen LogP contribution in [-0.2, 0) is 11.2 Å². The number of hydrogen-bond donors (Lipinski definition) is 1. The highest BCUT2D eigenvalue weighted by atomic mass is 16.4. The average Bonchev–Trinajstić information content (AvgIpc) is 3.40. The Hall–Kier alpha value is -4.13. The fraction of sp³-hybridized carbons (Fsp3) is 0.192. The molecule has 0 bridgehead atoms. The minimum Gasteiger partial charge on any atom is -0.450 e. The van der Waals surface area contributed by atoms with E-state index in [9.17, 15) is 9.59 Å². The molecule has 1 unspecified atom stereocenters. The average molecular weight is 439 g/mol. The first kappa shape index (κ1) is 19.5. The normalized spacial score (nSPS) is 16.6. The maximum atomic E-state index is 13.6. The Bertz CT molecular complexity index is 1510. The van der Waals surface area contributed by atoms with Crippen LogP contribution in [0.1, 0.15) is 22.0 Å². The van der Waals surface area contributed by atoms with Crippen molar-refractivity contribution in [2.75, 3.05) is 13.1 Å². The molecule has 5 aromatic rings. The monoisotopic (exact) mass is 439 g/mol. The zero-order chi connectivity index (χ0) is 22.5. The van der Waals surface area contributed by atoms with E-state index in [0.717, 1.165) is 27.2 Å². The third kappa shape index (κ3) is 3.16. The Morgan fingerprint density at radius 2 is 1.88 bits per heavy atom. The number of benzene rings is 3. The first-order valence-electron chi connectivity index (χ1n) is 10.9. The van der Waals surface area contributed by atoms with Gasteiger partial charge in [-0.25, -0.2) is 4.98 Å². The van der Waals surface area contributed by atoms with Crippen LogP contribution in [0.5, 0.6) is 0 Å². The summed E-state index contributed by atoms with van der Waals surface area (Å²) < 4.78 is 12.0. The number of aryl methyl sites for hydroxylation is 1. The number of hydrogen-bond acceptors (Lipinski definition) is 5. The van der Waals surface area contributed by atoms with E-state index in [4.69, 9.17) is 8.83 Å². The summed E-state index contributed by atoms with van der Waals surface area (Å²) in [5.74, 6) is 0.154. The molecule has 6 rings (SSSR count). The van der Waals surface area contributed by atoms with Gasteiger partial charge < -0.3 is 19.1 Å². The van der Waals surface area contributed by atoms with Crippen LogP contribution in [0.3, 0.4) is 0 Å². The molecule has 1 aliphatic rings. The molecule has 164 valence electrons. The molecule has 3 heterocycles. The highest BCUT2D eigenvalue weighted by Crippen LogP contribution is 2.33. The van der Waals surface area contributed by atoms with Crippen LogP contribution in [0.2, 0.25) is 0 Å². The predicted molar refractivity (Wildman–Crippen MR) is 124 cm³/mol. The highest BCUT2D eigenvalue weighted by Gasteiger charge is 2.37. The summed E-state index contributed by atoms with van der Waals surface area (Å²) >= 11 is 0. The Labute approximate surface area is 189 Å². The van der Waals surface area contributed by atoms with Crippen molar-refractivity contribution >= 4 is 44.7 Å². The van der Waals surface area contributed by atoms with Crippen LogP contribution >= 0.6 is 0 Å². The lowest BCUT2D eigenvalue weighted by Gasteiger charge is -2.34. The van der Waals surface area contributed by atoms with Crippen LogP contribution in [0.15, 0.2) is 69.5 Å². The Morgan fingerprint density at radius 1 is 1.06 bits per heavy atom. The lowest BCUT2D eigenvalue weighted by Crippen LogP contribution is -2.58. The molecule has 2 amide bonds. The van der Waals surface area contributed by atoms with Gasteiger partial charge >= 0.3 is 0 Å². The first-order valence-corrected chi connectivity index (χ1v) is 10.9. The zero-order valence-corrected chi connectivity index (χ0v) is 18.0. The molecular formula is C26H21N3O4. The zero-order valence-electron chi connectivity index (χ0n) is 18.0. The van der Waals surface area contributed by atoms with Crippen molar-refractivity contribution in [1.82, 2.24) is 15.2 Å². The van der Waals surface area contributed by atoms with E-state index in [1.54, 1.807) is 4.90 Å². The smallest absolute Gasteiger partial charge is 0.290 e. The SMILES string of the molecule is Cc1c(C(=O)N2CCNC(=O)C2Cc2nc3ccccc3o2)oc2c1ccc1ccccc12. The van der Waals surface area contributed by atoms with Crippen LogP contribution in [0, 0.1) is 6.92 Å². The Balaban J connectivity index is 1.38. The Morgan fingerprint density at radius 3 is 2.76 bits per heavy atom. The summed E-state index contributed by atoms with van der Waals surface area (Å²) in [5.41, 5.74) is 2.83. The molecule has 7 nitrogen and oxygen atoms in total. The van der Waals surface area contributed by atoms with Crippen molar-refractivity contribution in [3.63, 3.8) is 0 Å². The topological polar surface area (TPSA) is 88.6 Å². The molecule has 0 aliphatic carbocycles. The number of piperazine rings is 1. The largest absolute Gasteiger partial charge is 0.450 e. The van der Waals surface area contributed by atoms with E-state index in [1.807, 2.05) is 67.6 Å². The number of para-hydroxylation sites is 2. The molecular weight excluding hydrogens is 418 g/mol. The molecule has 1 aliphatic heterocycles. The number of fused-ring (bicyclic) bond motifs is 4. The van der Waals surface area contributed by atoms with Gasteiger partial charge in [-0.05, 0) is 24.4 Å². The van der Waals surface area contributed by atoms with Gasteiger partial charge in [-0.1, -0.05) is 48.5 Å². The van der Waals surface area contributed by atoms with Gasteiger partial charge in [0.1, 0.15) is 17.1 Å². The molecule has 0 spiro atoms. The second kappa shape index (κ2) is 7.48. The molecule has 0 radical (unpaired) electrons. The third-order valence-electron chi connectivity index (χ3n) is 6.32. The van der Waals surface area contributed by atoms with E-state index in [2.05, 4.69) is 10.3 Å². The fourth-order valence-corrected chi connectivity index (χ4v) is 4.62. The van der Waals surface area contributed by atoms with Crippen molar-refractivity contribution in [2.45, 2.75) is 19.4 Å². The maximum absolute atomic E-state index is 13.6. The van der Waals surface area contributed by atoms with Crippen molar-refractivity contribution < 1.29 is 18.4 Å². The molecule has 7 heteroatoms. The lowest BCUT2D eigenvalue weighted by atomic mass is 10.0. The maximum Gasteiger partial charge on any atom is 0.290 e. The number of carbonyl (C=O) groups is 2. The molecule has 0 saturated carbocycles. The van der Waals surface area contributed by atoms with Crippen molar-refractivity contribution in [2.24, 2.45) is 0 Å². The van der Waals surface area contributed by atoms with Gasteiger partial charge in [-0.15, -0.1) is 0 Å². The summed E-state index contributed by atoms with van der Waals surface area (Å²) in [4.78, 5) is 32.5. The number of nitrogens with zero attached hydrogens (tertiary/aromatic N) is 2. The molecule has 3 aromatic carbocycles. The second-order valence-corrected chi connectivity index (χ2v) is 8.30. The van der Waals surface area contributed by atoms with Gasteiger partial charge in [0.2, 0.25) is 5.91 Å². The number of furan rings is 1. The molecule has 1 saturated heterocycles. The van der Waals surface area contributed by atoms with Gasteiger partial charge in [0.15, 0.2) is 17.2 Å². The van der Waals surface area contributed by atoms with Gasteiger partial charge in [0.25, 0.3) is 5.91 Å². The number of oxazole rings is 1. The predicted octanol–water partition coefficient (Wildman–Crippen LogP) is 4.22. The van der Waals surface area contributed by atoms with Crippen molar-refractivity contribution in [3.8, 4) is 0 Å². The molecule has 33 heavy (non-hydrogen) atoms. The summed E-state index contributed by atoms with van der Waals surface area (Å²) in [6, 6.07) is 18.6. The van der Waals surface area contributed by atoms with E-state index < -0.39 is 6.04 Å². The number of aromatic nitrogens is 1. The fourth-order valence-electron chi connectivity index (χ4n) is 4.62. The third-order valence-corrected chi connectivity index (χ3v) is 6.32. The van der Waals surface area contributed by atoms with Gasteiger partial charge in [0.05, 0.1) is 6.42 Å². The molecule has 1 atom stereocenters. The minimum absolute atomic E-state index is 0.189. The van der Waals surface area contributed by atoms with Gasteiger partial charge in [0, 0.05) is 29.4 Å². The molecule has 1 fully saturated rings. The quantitative estimate of drug-likeness (QED) is 0.455. The van der Waals surface area contributed by atoms with E-state index in [0.29, 0.717) is 30.1 Å². The van der Waals surface area contributed by atoms with Crippen molar-refractivity contribution in [3.05, 3.63) is 77.9 Å². The number of amides is 2. The van der Waals surface area contributed by atoms with Crippen LogP contribution in [0.4, 0.5) is 0 Å². The summed E-state index contributed by atoms with van der Waals surface area (Å²) in [6.07, 6.45) is 0.189. The minimum atomic E-state index is -0.733. The van der Waals surface area contributed by atoms with Crippen molar-refractivity contribution in [1.29, 1.82) is 0 Å². The summed E-state index contributed by atoms with van der Waals surface area (Å²) in [7, 11) is 0. The van der Waals surface area contributed by atoms with E-state index in [-0.39, 0.29) is 24.0 Å². The number of carbonyl (C=O) groups excluding carboxylic acids is 2. The highest BCUT2D eigenvalue weighted by molar-refractivity contribution is 6.09. The van der Waals surface area contributed by atoms with Gasteiger partial charge in [-0.3, -0.25) is 9.59 Å². The number of nitrogens with one attached hydrogen (secondary N) is 1. The van der Waals surface area contributed by atoms with E-state index in [1.165, 1.54) is 0 Å². The molecule has 2 aromatic heterocycles. The van der Waals surface area contributed by atoms with Gasteiger partial charge in [-0.2, -0.15) is 0 Å². The Kier molecular flexibility index (Phi) is 4.43. The number of rotatable bonds is 3. The van der Waals surface area contributed by atoms with Crippen LogP contribution < -0.4 is 5.32 Å². The molecule has 1 N–H and O–H groups in total. The van der Waals surface area contributed by atoms with Crippen LogP contribution in [-0.4, -0.2) is 40.8 Å². The van der Waals surface area contributed by atoms with E-state index >= 15 is 0 Å². The second-order valence-electron chi connectivity index (χ2n) is 8.30. The summed E-state index contributed by atoms with van der Waals surface area (Å²) in [6.45, 7) is 2.65. The van der Waals surface area contributed by atoms with Crippen LogP contribution in [0.25, 0.3) is 32.8 Å². The standard InChI is InChI=1S/C26H21N3O4/c1-15-17-11-10-16-6-2-3-7-18(16)24(17)33-23(15)26(31)29-13-12-27-25(30)20(29)14-22-28-19-8-4-5-9-21(19)32-22/h2-11,20H,12-14H2,1H3,(H,27,30). The first-order chi connectivity index (χ1) is 16.1.